The maximum atomic E-state index is 12.7. The van der Waals surface area contributed by atoms with E-state index in [-0.39, 0.29) is 5.91 Å². The van der Waals surface area contributed by atoms with Gasteiger partial charge in [0.05, 0.1) is 27.6 Å². The van der Waals surface area contributed by atoms with Gasteiger partial charge in [-0.3, -0.25) is 9.59 Å². The number of halogens is 2. The maximum absolute atomic E-state index is 12.7. The summed E-state index contributed by atoms with van der Waals surface area (Å²) >= 11 is 12.5. The predicted octanol–water partition coefficient (Wildman–Crippen LogP) is 5.15. The van der Waals surface area contributed by atoms with Gasteiger partial charge in [-0.15, -0.1) is 0 Å². The molecule has 170 valence electrons. The fourth-order valence-corrected chi connectivity index (χ4v) is 5.09. The molecule has 8 heteroatoms. The summed E-state index contributed by atoms with van der Waals surface area (Å²) in [7, 11) is 0. The summed E-state index contributed by atoms with van der Waals surface area (Å²) in [6.45, 7) is 3.35. The van der Waals surface area contributed by atoms with Crippen molar-refractivity contribution in [1.82, 2.24) is 0 Å². The van der Waals surface area contributed by atoms with Crippen LogP contribution in [0.3, 0.4) is 0 Å². The molecular formula is C24H27Cl2N3O3. The Hall–Kier alpha value is -2.44. The lowest BCUT2D eigenvalue weighted by molar-refractivity contribution is -0.147. The SMILES string of the molecule is O=C(O)[C@@H]1CCCC[C@H]1C(=O)Nc1ccc(N2CCN(c3cccc(Cl)c3Cl)CC2)cc1. The second kappa shape index (κ2) is 10.0. The first-order chi connectivity index (χ1) is 15.4. The number of aliphatic carboxylic acids is 1. The number of piperazine rings is 1. The van der Waals surface area contributed by atoms with Gasteiger partial charge in [-0.25, -0.2) is 0 Å². The van der Waals surface area contributed by atoms with Gasteiger partial charge in [-0.2, -0.15) is 0 Å². The van der Waals surface area contributed by atoms with Gasteiger partial charge in [0.1, 0.15) is 0 Å². The minimum Gasteiger partial charge on any atom is -0.481 e. The van der Waals surface area contributed by atoms with Crippen LogP contribution in [0, 0.1) is 11.8 Å². The summed E-state index contributed by atoms with van der Waals surface area (Å²) < 4.78 is 0. The third-order valence-electron chi connectivity index (χ3n) is 6.47. The van der Waals surface area contributed by atoms with Crippen LogP contribution in [0.15, 0.2) is 42.5 Å². The number of nitrogens with one attached hydrogen (secondary N) is 1. The van der Waals surface area contributed by atoms with E-state index in [0.29, 0.717) is 28.6 Å². The molecule has 1 saturated carbocycles. The average molecular weight is 476 g/mol. The molecule has 1 aliphatic heterocycles. The highest BCUT2D eigenvalue weighted by atomic mass is 35.5. The van der Waals surface area contributed by atoms with Crippen LogP contribution < -0.4 is 15.1 Å². The van der Waals surface area contributed by atoms with Crippen molar-refractivity contribution >= 4 is 52.1 Å². The Morgan fingerprint density at radius 3 is 2.16 bits per heavy atom. The number of benzene rings is 2. The molecular weight excluding hydrogens is 449 g/mol. The number of carboxylic acid groups (broad SMARTS) is 1. The molecule has 32 heavy (non-hydrogen) atoms. The number of carboxylic acids is 1. The van der Waals surface area contributed by atoms with Gasteiger partial charge < -0.3 is 20.2 Å². The fraction of sp³-hybridized carbons (Fsp3) is 0.417. The molecule has 0 bridgehead atoms. The van der Waals surface area contributed by atoms with Crippen LogP contribution in [-0.2, 0) is 9.59 Å². The summed E-state index contributed by atoms with van der Waals surface area (Å²) in [5, 5.41) is 13.5. The standard InChI is InChI=1S/C24H27Cl2N3O3/c25-20-6-3-7-21(22(20)26)29-14-12-28(13-15-29)17-10-8-16(9-11-17)27-23(30)18-4-1-2-5-19(18)24(31)32/h3,6-11,18-19H,1-2,4-5,12-15H2,(H,27,30)(H,31,32)/t18-,19-/m1/s1. The smallest absolute Gasteiger partial charge is 0.307 e. The van der Waals surface area contributed by atoms with Crippen molar-refractivity contribution in [1.29, 1.82) is 0 Å². The van der Waals surface area contributed by atoms with E-state index < -0.39 is 17.8 Å². The van der Waals surface area contributed by atoms with Gasteiger partial charge in [0.2, 0.25) is 5.91 Å². The van der Waals surface area contributed by atoms with Gasteiger partial charge in [-0.05, 0) is 49.2 Å². The number of anilines is 3. The molecule has 0 unspecified atom stereocenters. The van der Waals surface area contributed by atoms with Crippen LogP contribution in [0.2, 0.25) is 10.0 Å². The van der Waals surface area contributed by atoms with Gasteiger partial charge in [-0.1, -0.05) is 42.1 Å². The normalized spacial score (nSPS) is 21.3. The number of amides is 1. The maximum Gasteiger partial charge on any atom is 0.307 e. The van der Waals surface area contributed by atoms with Gasteiger partial charge in [0, 0.05) is 37.6 Å². The van der Waals surface area contributed by atoms with Crippen molar-refractivity contribution in [3.8, 4) is 0 Å². The van der Waals surface area contributed by atoms with Gasteiger partial charge in [0.25, 0.3) is 0 Å². The lowest BCUT2D eigenvalue weighted by atomic mass is 9.78. The van der Waals surface area contributed by atoms with E-state index in [1.807, 2.05) is 36.4 Å². The first-order valence-corrected chi connectivity index (χ1v) is 11.8. The molecule has 1 heterocycles. The Morgan fingerprint density at radius 2 is 1.50 bits per heavy atom. The van der Waals surface area contributed by atoms with Crippen molar-refractivity contribution in [3.05, 3.63) is 52.5 Å². The number of hydrogen-bond acceptors (Lipinski definition) is 4. The average Bonchev–Trinajstić information content (AvgIpc) is 2.81. The lowest BCUT2D eigenvalue weighted by Gasteiger charge is -2.37. The highest BCUT2D eigenvalue weighted by molar-refractivity contribution is 6.43. The molecule has 2 N–H and O–H groups in total. The van der Waals surface area contributed by atoms with Gasteiger partial charge >= 0.3 is 5.97 Å². The zero-order chi connectivity index (χ0) is 22.7. The number of rotatable bonds is 5. The van der Waals surface area contributed by atoms with E-state index in [9.17, 15) is 14.7 Å². The van der Waals surface area contributed by atoms with E-state index in [4.69, 9.17) is 23.2 Å². The number of carbonyl (C=O) groups excluding carboxylic acids is 1. The summed E-state index contributed by atoms with van der Waals surface area (Å²) in [5.74, 6) is -2.13. The highest BCUT2D eigenvalue weighted by Gasteiger charge is 2.35. The molecule has 2 aliphatic rings. The van der Waals surface area contributed by atoms with Crippen LogP contribution in [0.1, 0.15) is 25.7 Å². The van der Waals surface area contributed by atoms with Crippen LogP contribution >= 0.6 is 23.2 Å². The van der Waals surface area contributed by atoms with Crippen molar-refractivity contribution < 1.29 is 14.7 Å². The molecule has 4 rings (SSSR count). The van der Waals surface area contributed by atoms with Crippen molar-refractivity contribution in [2.75, 3.05) is 41.3 Å². The third-order valence-corrected chi connectivity index (χ3v) is 7.28. The Balaban J connectivity index is 1.34. The molecule has 2 aromatic carbocycles. The van der Waals surface area contributed by atoms with Crippen LogP contribution in [0.25, 0.3) is 0 Å². The van der Waals surface area contributed by atoms with E-state index in [2.05, 4.69) is 15.1 Å². The minimum atomic E-state index is -0.876. The second-order valence-corrected chi connectivity index (χ2v) is 9.20. The van der Waals surface area contributed by atoms with Crippen molar-refractivity contribution in [3.63, 3.8) is 0 Å². The molecule has 0 aromatic heterocycles. The molecule has 1 aliphatic carbocycles. The largest absolute Gasteiger partial charge is 0.481 e. The zero-order valence-corrected chi connectivity index (χ0v) is 19.3. The van der Waals surface area contributed by atoms with E-state index in [1.165, 1.54) is 0 Å². The second-order valence-electron chi connectivity index (χ2n) is 8.42. The summed E-state index contributed by atoms with van der Waals surface area (Å²) in [5.41, 5.74) is 2.73. The molecule has 0 radical (unpaired) electrons. The molecule has 2 aromatic rings. The molecule has 1 saturated heterocycles. The van der Waals surface area contributed by atoms with E-state index in [0.717, 1.165) is 50.4 Å². The van der Waals surface area contributed by atoms with Gasteiger partial charge in [0.15, 0.2) is 0 Å². The first-order valence-electron chi connectivity index (χ1n) is 11.0. The van der Waals surface area contributed by atoms with E-state index >= 15 is 0 Å². The van der Waals surface area contributed by atoms with Crippen LogP contribution in [-0.4, -0.2) is 43.2 Å². The predicted molar refractivity (Wildman–Crippen MR) is 129 cm³/mol. The zero-order valence-electron chi connectivity index (χ0n) is 17.8. The number of carbonyl (C=O) groups is 2. The van der Waals surface area contributed by atoms with Crippen LogP contribution in [0.5, 0.6) is 0 Å². The van der Waals surface area contributed by atoms with Crippen LogP contribution in [0.4, 0.5) is 17.1 Å². The first kappa shape index (κ1) is 22.7. The quantitative estimate of drug-likeness (QED) is 0.625. The van der Waals surface area contributed by atoms with Crippen molar-refractivity contribution in [2.45, 2.75) is 25.7 Å². The molecule has 6 nitrogen and oxygen atoms in total. The van der Waals surface area contributed by atoms with E-state index in [1.54, 1.807) is 6.07 Å². The highest BCUT2D eigenvalue weighted by Crippen LogP contribution is 2.34. The monoisotopic (exact) mass is 475 g/mol. The summed E-state index contributed by atoms with van der Waals surface area (Å²) in [6, 6.07) is 13.4. The molecule has 2 fully saturated rings. The topological polar surface area (TPSA) is 72.9 Å². The summed E-state index contributed by atoms with van der Waals surface area (Å²) in [4.78, 5) is 28.7. The molecule has 1 amide bonds. The molecule has 2 atom stereocenters. The Kier molecular flexibility index (Phi) is 7.11. The molecule has 0 spiro atoms. The Morgan fingerprint density at radius 1 is 0.875 bits per heavy atom. The Bertz CT molecular complexity index is 975. The number of nitrogens with zero attached hydrogens (tertiary/aromatic N) is 2. The third kappa shape index (κ3) is 4.97. The summed E-state index contributed by atoms with van der Waals surface area (Å²) in [6.07, 6.45) is 2.96. The van der Waals surface area contributed by atoms with Crippen molar-refractivity contribution in [2.24, 2.45) is 11.8 Å². The lowest BCUT2D eigenvalue weighted by Crippen LogP contribution is -2.46. The minimum absolute atomic E-state index is 0.197. The number of hydrogen-bond donors (Lipinski definition) is 2. The Labute approximate surface area is 198 Å². The fourth-order valence-electron chi connectivity index (χ4n) is 4.67.